The normalized spacial score (nSPS) is 22.3. The van der Waals surface area contributed by atoms with Gasteiger partial charge in [-0.15, -0.1) is 0 Å². The first kappa shape index (κ1) is 26.8. The number of hydrogen-bond acceptors (Lipinski definition) is 4. The van der Waals surface area contributed by atoms with Gasteiger partial charge in [-0.05, 0) is 83.8 Å². The molecule has 0 spiro atoms. The van der Waals surface area contributed by atoms with Gasteiger partial charge in [-0.2, -0.15) is 0 Å². The third kappa shape index (κ3) is 6.07. The van der Waals surface area contributed by atoms with Gasteiger partial charge in [-0.1, -0.05) is 55.0 Å². The molecule has 1 saturated heterocycles. The SMILES string of the molecule is C/C(=C\Cc1c(O)c(Cl)c(C)c(C2CCCCCC2)c1O)CC/C=C(\C)[C@@H]1CC(=O)C(C)(C)O1. The zero-order chi connectivity index (χ0) is 25.0. The molecule has 2 N–H and O–H groups in total. The van der Waals surface area contributed by atoms with Crippen LogP contribution < -0.4 is 0 Å². The minimum atomic E-state index is -0.690. The summed E-state index contributed by atoms with van der Waals surface area (Å²) in [5, 5.41) is 22.2. The number of phenols is 2. The fourth-order valence-corrected chi connectivity index (χ4v) is 5.53. The van der Waals surface area contributed by atoms with Gasteiger partial charge in [0.25, 0.3) is 0 Å². The Hall–Kier alpha value is -1.78. The summed E-state index contributed by atoms with van der Waals surface area (Å²) in [5.41, 5.74) is 3.85. The molecule has 2 fully saturated rings. The molecule has 1 atom stereocenters. The molecule has 1 aromatic carbocycles. The Morgan fingerprint density at radius 1 is 1.09 bits per heavy atom. The molecule has 4 nitrogen and oxygen atoms in total. The van der Waals surface area contributed by atoms with Gasteiger partial charge in [0.1, 0.15) is 17.1 Å². The minimum absolute atomic E-state index is 0.000470. The monoisotopic (exact) mass is 488 g/mol. The fraction of sp³-hybridized carbons (Fsp3) is 0.621. The van der Waals surface area contributed by atoms with E-state index in [1.54, 1.807) is 0 Å². The van der Waals surface area contributed by atoms with E-state index in [1.807, 2.05) is 27.7 Å². The van der Waals surface area contributed by atoms with Crippen LogP contribution in [0.1, 0.15) is 108 Å². The smallest absolute Gasteiger partial charge is 0.167 e. The summed E-state index contributed by atoms with van der Waals surface area (Å²) in [5.74, 6) is 0.671. The van der Waals surface area contributed by atoms with E-state index in [-0.39, 0.29) is 23.4 Å². The van der Waals surface area contributed by atoms with Crippen LogP contribution in [-0.4, -0.2) is 27.7 Å². The standard InChI is InChI=1S/C29H41ClO4/c1-18(11-10-12-19(2)23-17-24(31)29(4,5)34-23)15-16-22-27(32)25(20(3)26(30)28(22)33)21-13-8-6-7-9-14-21/h12,15,21,23,32-33H,6-11,13-14,16-17H2,1-5H3/b18-15+,19-12+/t23-/m0/s1. The highest BCUT2D eigenvalue weighted by molar-refractivity contribution is 6.33. The Labute approximate surface area is 210 Å². The first-order valence-corrected chi connectivity index (χ1v) is 13.2. The summed E-state index contributed by atoms with van der Waals surface area (Å²) in [4.78, 5) is 12.0. The van der Waals surface area contributed by atoms with Crippen LogP contribution in [0.15, 0.2) is 23.3 Å². The Morgan fingerprint density at radius 2 is 1.74 bits per heavy atom. The number of halogens is 1. The predicted molar refractivity (Wildman–Crippen MR) is 139 cm³/mol. The Morgan fingerprint density at radius 3 is 2.32 bits per heavy atom. The Balaban J connectivity index is 1.69. The molecule has 1 aliphatic heterocycles. The lowest BCUT2D eigenvalue weighted by atomic mass is 9.85. The molecule has 1 heterocycles. The lowest BCUT2D eigenvalue weighted by molar-refractivity contribution is -0.129. The average molecular weight is 489 g/mol. The Kier molecular flexibility index (Phi) is 8.92. The van der Waals surface area contributed by atoms with E-state index in [2.05, 4.69) is 19.1 Å². The summed E-state index contributed by atoms with van der Waals surface area (Å²) < 4.78 is 5.90. The highest BCUT2D eigenvalue weighted by Gasteiger charge is 2.40. The predicted octanol–water partition coefficient (Wildman–Crippen LogP) is 7.85. The number of carbonyl (C=O) groups is 1. The van der Waals surface area contributed by atoms with E-state index in [9.17, 15) is 15.0 Å². The van der Waals surface area contributed by atoms with Gasteiger partial charge >= 0.3 is 0 Å². The molecule has 3 rings (SSSR count). The summed E-state index contributed by atoms with van der Waals surface area (Å²) >= 11 is 6.52. The maximum atomic E-state index is 12.0. The second-order valence-electron chi connectivity index (χ2n) is 10.7. The van der Waals surface area contributed by atoms with Crippen LogP contribution in [0.3, 0.4) is 0 Å². The number of Topliss-reactive ketones (excluding diaryl/α,β-unsaturated/α-hetero) is 1. The van der Waals surface area contributed by atoms with E-state index in [4.69, 9.17) is 16.3 Å². The van der Waals surface area contributed by atoms with Gasteiger partial charge in [0, 0.05) is 17.5 Å². The molecular weight excluding hydrogens is 448 g/mol. The van der Waals surface area contributed by atoms with Crippen LogP contribution in [0.4, 0.5) is 0 Å². The van der Waals surface area contributed by atoms with Crippen LogP contribution in [0.25, 0.3) is 0 Å². The molecule has 34 heavy (non-hydrogen) atoms. The van der Waals surface area contributed by atoms with Gasteiger partial charge in [0.2, 0.25) is 0 Å². The quantitative estimate of drug-likeness (QED) is 0.303. The van der Waals surface area contributed by atoms with Crippen molar-refractivity contribution in [2.45, 2.75) is 116 Å². The van der Waals surface area contributed by atoms with E-state index in [0.29, 0.717) is 29.3 Å². The van der Waals surface area contributed by atoms with Gasteiger partial charge in [0.15, 0.2) is 5.78 Å². The number of ether oxygens (including phenoxy) is 1. The Bertz CT molecular complexity index is 965. The van der Waals surface area contributed by atoms with Crippen LogP contribution in [0, 0.1) is 6.92 Å². The van der Waals surface area contributed by atoms with Crippen molar-refractivity contribution >= 4 is 17.4 Å². The number of aromatic hydroxyl groups is 2. The maximum absolute atomic E-state index is 12.0. The zero-order valence-corrected chi connectivity index (χ0v) is 22.2. The number of rotatable bonds is 7. The molecule has 1 saturated carbocycles. The molecule has 2 aliphatic rings. The van der Waals surface area contributed by atoms with Gasteiger partial charge < -0.3 is 14.9 Å². The average Bonchev–Trinajstić information content (AvgIpc) is 2.95. The lowest BCUT2D eigenvalue weighted by Crippen LogP contribution is -2.27. The lowest BCUT2D eigenvalue weighted by Gasteiger charge is -2.22. The molecule has 0 unspecified atom stereocenters. The minimum Gasteiger partial charge on any atom is -0.507 e. The third-order valence-corrected chi connectivity index (χ3v) is 8.14. The molecule has 0 amide bonds. The van der Waals surface area contributed by atoms with Crippen molar-refractivity contribution in [1.29, 1.82) is 0 Å². The number of phenolic OH excluding ortho intramolecular Hbond substituents is 2. The van der Waals surface area contributed by atoms with E-state index >= 15 is 0 Å². The van der Waals surface area contributed by atoms with Crippen LogP contribution in [0.2, 0.25) is 5.02 Å². The van der Waals surface area contributed by atoms with Crippen molar-refractivity contribution < 1.29 is 19.7 Å². The molecule has 0 bridgehead atoms. The highest BCUT2D eigenvalue weighted by atomic mass is 35.5. The zero-order valence-electron chi connectivity index (χ0n) is 21.5. The van der Waals surface area contributed by atoms with Crippen LogP contribution >= 0.6 is 11.6 Å². The fourth-order valence-electron chi connectivity index (χ4n) is 5.31. The summed E-state index contributed by atoms with van der Waals surface area (Å²) in [7, 11) is 0. The number of carbonyl (C=O) groups excluding carboxylic acids is 1. The molecule has 1 aromatic rings. The highest BCUT2D eigenvalue weighted by Crippen LogP contribution is 2.47. The summed E-state index contributed by atoms with van der Waals surface area (Å²) in [6, 6.07) is 0. The summed E-state index contributed by atoms with van der Waals surface area (Å²) in [6.45, 7) is 9.66. The van der Waals surface area contributed by atoms with Crippen molar-refractivity contribution in [1.82, 2.24) is 0 Å². The third-order valence-electron chi connectivity index (χ3n) is 7.68. The second-order valence-corrected chi connectivity index (χ2v) is 11.1. The molecule has 1 aliphatic carbocycles. The molecule has 0 aromatic heterocycles. The van der Waals surface area contributed by atoms with E-state index in [0.717, 1.165) is 42.4 Å². The summed E-state index contributed by atoms with van der Waals surface area (Å²) in [6.07, 6.45) is 13.6. The van der Waals surface area contributed by atoms with Gasteiger partial charge in [0.05, 0.1) is 11.1 Å². The van der Waals surface area contributed by atoms with Gasteiger partial charge in [-0.3, -0.25) is 4.79 Å². The number of allylic oxidation sites excluding steroid dienone is 3. The molecular formula is C29H41ClO4. The van der Waals surface area contributed by atoms with Crippen molar-refractivity contribution in [3.63, 3.8) is 0 Å². The van der Waals surface area contributed by atoms with Crippen molar-refractivity contribution in [3.05, 3.63) is 45.0 Å². The van der Waals surface area contributed by atoms with E-state index in [1.165, 1.54) is 31.3 Å². The van der Waals surface area contributed by atoms with E-state index < -0.39 is 5.60 Å². The number of hydrogen-bond donors (Lipinski definition) is 2. The molecule has 5 heteroatoms. The molecule has 188 valence electrons. The first-order valence-electron chi connectivity index (χ1n) is 12.8. The largest absolute Gasteiger partial charge is 0.507 e. The number of benzene rings is 1. The number of ketones is 1. The first-order chi connectivity index (χ1) is 16.0. The van der Waals surface area contributed by atoms with Crippen molar-refractivity contribution in [3.8, 4) is 11.5 Å². The topological polar surface area (TPSA) is 66.8 Å². The van der Waals surface area contributed by atoms with Crippen molar-refractivity contribution in [2.75, 3.05) is 0 Å². The molecule has 0 radical (unpaired) electrons. The van der Waals surface area contributed by atoms with Crippen molar-refractivity contribution in [2.24, 2.45) is 0 Å². The maximum Gasteiger partial charge on any atom is 0.167 e. The van der Waals surface area contributed by atoms with Gasteiger partial charge in [-0.25, -0.2) is 0 Å². The van der Waals surface area contributed by atoms with Crippen LogP contribution in [-0.2, 0) is 16.0 Å². The van der Waals surface area contributed by atoms with Crippen LogP contribution in [0.5, 0.6) is 11.5 Å². The second kappa shape index (κ2) is 11.3.